The van der Waals surface area contributed by atoms with Crippen LogP contribution in [0.3, 0.4) is 0 Å². The maximum atomic E-state index is 4.42. The maximum Gasteiger partial charge on any atom is 0.183 e. The molecule has 0 fully saturated rings. The van der Waals surface area contributed by atoms with E-state index in [1.54, 1.807) is 23.7 Å². The number of thiazole rings is 1. The van der Waals surface area contributed by atoms with Crippen LogP contribution in [0.25, 0.3) is 0 Å². The van der Waals surface area contributed by atoms with Crippen LogP contribution in [0.15, 0.2) is 24.5 Å². The second-order valence-electron chi connectivity index (χ2n) is 3.37. The number of rotatable bonds is 3. The molecule has 0 amide bonds. The van der Waals surface area contributed by atoms with Crippen LogP contribution in [0, 0.1) is 13.8 Å². The van der Waals surface area contributed by atoms with Crippen LogP contribution in [-0.2, 0) is 6.54 Å². The number of aromatic nitrogens is 2. The number of aryl methyl sites for hydroxylation is 2. The Hall–Kier alpha value is -1.42. The van der Waals surface area contributed by atoms with E-state index in [4.69, 9.17) is 0 Å². The van der Waals surface area contributed by atoms with Gasteiger partial charge in [0.15, 0.2) is 5.13 Å². The van der Waals surface area contributed by atoms with Crippen LogP contribution in [0.4, 0.5) is 5.13 Å². The topological polar surface area (TPSA) is 37.8 Å². The Morgan fingerprint density at radius 2 is 2.00 bits per heavy atom. The lowest BCUT2D eigenvalue weighted by molar-refractivity contribution is 1.10. The van der Waals surface area contributed by atoms with Gasteiger partial charge in [-0.1, -0.05) is 0 Å². The highest BCUT2D eigenvalue weighted by molar-refractivity contribution is 7.15. The molecule has 1 N–H and O–H groups in total. The first-order valence-electron chi connectivity index (χ1n) is 4.82. The summed E-state index contributed by atoms with van der Waals surface area (Å²) in [7, 11) is 0. The van der Waals surface area contributed by atoms with Crippen LogP contribution in [0.1, 0.15) is 16.1 Å². The lowest BCUT2D eigenvalue weighted by Gasteiger charge is -2.01. The normalized spacial score (nSPS) is 10.3. The molecule has 2 aromatic rings. The van der Waals surface area contributed by atoms with Gasteiger partial charge >= 0.3 is 0 Å². The van der Waals surface area contributed by atoms with E-state index in [-0.39, 0.29) is 0 Å². The second kappa shape index (κ2) is 4.40. The summed E-state index contributed by atoms with van der Waals surface area (Å²) in [6.07, 6.45) is 3.60. The Morgan fingerprint density at radius 3 is 2.60 bits per heavy atom. The lowest BCUT2D eigenvalue weighted by Crippen LogP contribution is -1.98. The second-order valence-corrected chi connectivity index (χ2v) is 4.57. The average Bonchev–Trinajstić information content (AvgIpc) is 2.57. The van der Waals surface area contributed by atoms with Gasteiger partial charge in [0, 0.05) is 23.8 Å². The van der Waals surface area contributed by atoms with Gasteiger partial charge in [0.05, 0.1) is 5.69 Å². The van der Waals surface area contributed by atoms with E-state index in [0.29, 0.717) is 0 Å². The molecule has 0 saturated carbocycles. The molecule has 0 aromatic carbocycles. The van der Waals surface area contributed by atoms with E-state index in [0.717, 1.165) is 17.4 Å². The van der Waals surface area contributed by atoms with Crippen molar-refractivity contribution in [3.8, 4) is 0 Å². The van der Waals surface area contributed by atoms with Crippen LogP contribution >= 0.6 is 11.3 Å². The van der Waals surface area contributed by atoms with E-state index in [9.17, 15) is 0 Å². The van der Waals surface area contributed by atoms with Crippen LogP contribution in [-0.4, -0.2) is 9.97 Å². The van der Waals surface area contributed by atoms with Gasteiger partial charge in [-0.15, -0.1) is 11.3 Å². The zero-order chi connectivity index (χ0) is 10.7. The summed E-state index contributed by atoms with van der Waals surface area (Å²) in [5, 5.41) is 4.29. The molecule has 0 radical (unpaired) electrons. The Labute approximate surface area is 93.2 Å². The molecule has 0 unspecified atom stereocenters. The first kappa shape index (κ1) is 10.1. The van der Waals surface area contributed by atoms with Crippen molar-refractivity contribution in [3.05, 3.63) is 40.7 Å². The third kappa shape index (κ3) is 2.53. The summed E-state index contributed by atoms with van der Waals surface area (Å²) in [6.45, 7) is 4.92. The highest BCUT2D eigenvalue weighted by Crippen LogP contribution is 2.21. The van der Waals surface area contributed by atoms with Gasteiger partial charge in [0.25, 0.3) is 0 Å². The molecule has 2 rings (SSSR count). The van der Waals surface area contributed by atoms with E-state index in [1.165, 1.54) is 10.4 Å². The molecule has 0 spiro atoms. The average molecular weight is 219 g/mol. The third-order valence-electron chi connectivity index (χ3n) is 2.22. The maximum absolute atomic E-state index is 4.42. The molecule has 15 heavy (non-hydrogen) atoms. The molecule has 0 bridgehead atoms. The van der Waals surface area contributed by atoms with E-state index < -0.39 is 0 Å². The summed E-state index contributed by atoms with van der Waals surface area (Å²) < 4.78 is 0. The Morgan fingerprint density at radius 1 is 1.27 bits per heavy atom. The van der Waals surface area contributed by atoms with E-state index in [2.05, 4.69) is 22.2 Å². The van der Waals surface area contributed by atoms with E-state index in [1.807, 2.05) is 19.1 Å². The number of hydrogen-bond donors (Lipinski definition) is 1. The molecule has 0 aliphatic rings. The van der Waals surface area contributed by atoms with Crippen molar-refractivity contribution in [1.29, 1.82) is 0 Å². The van der Waals surface area contributed by atoms with Crippen molar-refractivity contribution in [2.24, 2.45) is 0 Å². The molecule has 4 heteroatoms. The summed E-state index contributed by atoms with van der Waals surface area (Å²) in [6, 6.07) is 4.00. The van der Waals surface area contributed by atoms with Crippen LogP contribution in [0.2, 0.25) is 0 Å². The quantitative estimate of drug-likeness (QED) is 0.862. The molecule has 0 atom stereocenters. The molecule has 2 aromatic heterocycles. The van der Waals surface area contributed by atoms with Crippen molar-refractivity contribution in [2.75, 3.05) is 5.32 Å². The fourth-order valence-corrected chi connectivity index (χ4v) is 2.04. The molecular weight excluding hydrogens is 206 g/mol. The minimum Gasteiger partial charge on any atom is -0.357 e. The van der Waals surface area contributed by atoms with Crippen molar-refractivity contribution in [3.63, 3.8) is 0 Å². The predicted octanol–water partition coefficient (Wildman–Crippen LogP) is 2.77. The minimum atomic E-state index is 0.801. The molecule has 78 valence electrons. The predicted molar refractivity (Wildman–Crippen MR) is 63.2 cm³/mol. The van der Waals surface area contributed by atoms with Gasteiger partial charge in [-0.25, -0.2) is 4.98 Å². The Kier molecular flexibility index (Phi) is 2.97. The summed E-state index contributed by atoms with van der Waals surface area (Å²) >= 11 is 1.70. The smallest absolute Gasteiger partial charge is 0.183 e. The summed E-state index contributed by atoms with van der Waals surface area (Å²) in [4.78, 5) is 9.67. The molecule has 0 aliphatic heterocycles. The molecule has 0 saturated heterocycles. The first-order valence-corrected chi connectivity index (χ1v) is 5.64. The first-order chi connectivity index (χ1) is 7.25. The summed E-state index contributed by atoms with van der Waals surface area (Å²) in [5.41, 5.74) is 2.33. The molecule has 0 aliphatic carbocycles. The number of nitrogens with zero attached hydrogens (tertiary/aromatic N) is 2. The lowest BCUT2D eigenvalue weighted by atomic mass is 10.3. The number of anilines is 1. The standard InChI is InChI=1S/C11H13N3S/c1-8-9(2)15-11(14-8)13-7-10-3-5-12-6-4-10/h3-6H,7H2,1-2H3,(H,13,14). The molecule has 3 nitrogen and oxygen atoms in total. The molecular formula is C11H13N3S. The van der Waals surface area contributed by atoms with Crippen LogP contribution < -0.4 is 5.32 Å². The van der Waals surface area contributed by atoms with Crippen molar-refractivity contribution < 1.29 is 0 Å². The fourth-order valence-electron chi connectivity index (χ4n) is 1.23. The van der Waals surface area contributed by atoms with Gasteiger partial charge in [-0.2, -0.15) is 0 Å². The van der Waals surface area contributed by atoms with Gasteiger partial charge in [0.2, 0.25) is 0 Å². The molecule has 2 heterocycles. The Bertz CT molecular complexity index is 417. The van der Waals surface area contributed by atoms with Gasteiger partial charge in [-0.05, 0) is 31.5 Å². The highest BCUT2D eigenvalue weighted by Gasteiger charge is 2.02. The number of pyridine rings is 1. The van der Waals surface area contributed by atoms with Crippen molar-refractivity contribution in [2.45, 2.75) is 20.4 Å². The van der Waals surface area contributed by atoms with E-state index >= 15 is 0 Å². The van der Waals surface area contributed by atoms with Gasteiger partial charge in [0.1, 0.15) is 0 Å². The summed E-state index contributed by atoms with van der Waals surface area (Å²) in [5.74, 6) is 0. The minimum absolute atomic E-state index is 0.801. The number of nitrogens with one attached hydrogen (secondary N) is 1. The Balaban J connectivity index is 1.99. The van der Waals surface area contributed by atoms with Crippen molar-refractivity contribution >= 4 is 16.5 Å². The fraction of sp³-hybridized carbons (Fsp3) is 0.273. The highest BCUT2D eigenvalue weighted by atomic mass is 32.1. The largest absolute Gasteiger partial charge is 0.357 e. The zero-order valence-electron chi connectivity index (χ0n) is 8.82. The van der Waals surface area contributed by atoms with Crippen LogP contribution in [0.5, 0.6) is 0 Å². The monoisotopic (exact) mass is 219 g/mol. The third-order valence-corrected chi connectivity index (χ3v) is 3.25. The SMILES string of the molecule is Cc1nc(NCc2ccncc2)sc1C. The zero-order valence-corrected chi connectivity index (χ0v) is 9.64. The van der Waals surface area contributed by atoms with Crippen molar-refractivity contribution in [1.82, 2.24) is 9.97 Å². The van der Waals surface area contributed by atoms with Gasteiger partial charge in [-0.3, -0.25) is 4.98 Å². The van der Waals surface area contributed by atoms with Gasteiger partial charge < -0.3 is 5.32 Å². The number of hydrogen-bond acceptors (Lipinski definition) is 4.